The SMILES string of the molecule is CNS(=O)c1cccc(Br)c1. The van der Waals surface area contributed by atoms with Crippen molar-refractivity contribution in [2.45, 2.75) is 4.90 Å². The van der Waals surface area contributed by atoms with Gasteiger partial charge >= 0.3 is 0 Å². The highest BCUT2D eigenvalue weighted by Gasteiger charge is 1.99. The van der Waals surface area contributed by atoms with Gasteiger partial charge in [0.15, 0.2) is 0 Å². The van der Waals surface area contributed by atoms with E-state index < -0.39 is 11.0 Å². The lowest BCUT2D eigenvalue weighted by Crippen LogP contribution is -2.10. The summed E-state index contributed by atoms with van der Waals surface area (Å²) in [7, 11) is 0.583. The Kier molecular flexibility index (Phi) is 3.23. The zero-order valence-electron chi connectivity index (χ0n) is 6.00. The molecule has 1 aromatic carbocycles. The first-order chi connectivity index (χ1) is 5.24. The van der Waals surface area contributed by atoms with Gasteiger partial charge in [-0.3, -0.25) is 0 Å². The van der Waals surface area contributed by atoms with Crippen LogP contribution in [-0.4, -0.2) is 11.3 Å². The number of hydrogen-bond donors (Lipinski definition) is 1. The molecule has 1 unspecified atom stereocenters. The van der Waals surface area contributed by atoms with E-state index in [1.807, 2.05) is 24.3 Å². The molecule has 0 aliphatic heterocycles. The maximum absolute atomic E-state index is 11.1. The molecule has 1 aromatic rings. The number of halogens is 1. The molecule has 0 amide bonds. The lowest BCUT2D eigenvalue weighted by molar-refractivity contribution is 0.678. The molecule has 0 heterocycles. The molecule has 1 N–H and O–H groups in total. The van der Waals surface area contributed by atoms with E-state index in [1.165, 1.54) is 0 Å². The minimum Gasteiger partial charge on any atom is -0.238 e. The van der Waals surface area contributed by atoms with Crippen LogP contribution in [-0.2, 0) is 11.0 Å². The quantitative estimate of drug-likeness (QED) is 0.828. The molecule has 0 aliphatic carbocycles. The predicted molar refractivity (Wildman–Crippen MR) is 49.6 cm³/mol. The van der Waals surface area contributed by atoms with Gasteiger partial charge in [0.2, 0.25) is 0 Å². The summed E-state index contributed by atoms with van der Waals surface area (Å²) in [6.07, 6.45) is 0. The van der Waals surface area contributed by atoms with Crippen LogP contribution in [0.1, 0.15) is 0 Å². The first-order valence-electron chi connectivity index (χ1n) is 3.09. The van der Waals surface area contributed by atoms with Crippen LogP contribution in [0.4, 0.5) is 0 Å². The number of nitrogens with one attached hydrogen (secondary N) is 1. The van der Waals surface area contributed by atoms with Gasteiger partial charge in [0.25, 0.3) is 0 Å². The van der Waals surface area contributed by atoms with E-state index in [2.05, 4.69) is 20.7 Å². The highest BCUT2D eigenvalue weighted by Crippen LogP contribution is 2.13. The number of rotatable bonds is 2. The molecule has 4 heteroatoms. The summed E-state index contributed by atoms with van der Waals surface area (Å²) in [4.78, 5) is 0.780. The Morgan fingerprint density at radius 2 is 2.27 bits per heavy atom. The summed E-state index contributed by atoms with van der Waals surface area (Å²) >= 11 is 3.30. The van der Waals surface area contributed by atoms with Crippen LogP contribution in [0.15, 0.2) is 33.6 Å². The Morgan fingerprint density at radius 3 is 2.82 bits per heavy atom. The average Bonchev–Trinajstić information content (AvgIpc) is 2.03. The molecule has 60 valence electrons. The van der Waals surface area contributed by atoms with Gasteiger partial charge in [-0.15, -0.1) is 0 Å². The molecule has 0 aromatic heterocycles. The maximum Gasteiger partial charge on any atom is 0.124 e. The topological polar surface area (TPSA) is 29.1 Å². The van der Waals surface area contributed by atoms with E-state index in [0.717, 1.165) is 9.37 Å². The monoisotopic (exact) mass is 233 g/mol. The van der Waals surface area contributed by atoms with E-state index in [1.54, 1.807) is 7.05 Å². The molecule has 0 spiro atoms. The Morgan fingerprint density at radius 1 is 1.55 bits per heavy atom. The second-order valence-corrected chi connectivity index (χ2v) is 4.26. The number of hydrogen-bond acceptors (Lipinski definition) is 1. The normalized spacial score (nSPS) is 12.9. The molecule has 2 nitrogen and oxygen atoms in total. The van der Waals surface area contributed by atoms with E-state index >= 15 is 0 Å². The second kappa shape index (κ2) is 3.99. The smallest absolute Gasteiger partial charge is 0.124 e. The zero-order valence-corrected chi connectivity index (χ0v) is 8.41. The van der Waals surface area contributed by atoms with E-state index in [0.29, 0.717) is 0 Å². The highest BCUT2D eigenvalue weighted by atomic mass is 79.9. The van der Waals surface area contributed by atoms with Crippen molar-refractivity contribution >= 4 is 26.9 Å². The fraction of sp³-hybridized carbons (Fsp3) is 0.143. The molecule has 0 radical (unpaired) electrons. The van der Waals surface area contributed by atoms with Gasteiger partial charge in [-0.25, -0.2) is 8.93 Å². The van der Waals surface area contributed by atoms with Crippen molar-refractivity contribution in [3.05, 3.63) is 28.7 Å². The minimum absolute atomic E-state index is 0.780. The fourth-order valence-electron chi connectivity index (χ4n) is 0.700. The lowest BCUT2D eigenvalue weighted by Gasteiger charge is -1.98. The molecule has 1 rings (SSSR count). The molecule has 0 saturated heterocycles. The summed E-state index contributed by atoms with van der Waals surface area (Å²) in [5.74, 6) is 0. The molecule has 11 heavy (non-hydrogen) atoms. The van der Waals surface area contributed by atoms with Gasteiger partial charge in [-0.2, -0.15) is 0 Å². The van der Waals surface area contributed by atoms with Crippen molar-refractivity contribution in [3.63, 3.8) is 0 Å². The highest BCUT2D eigenvalue weighted by molar-refractivity contribution is 9.10. The molecule has 1 atom stereocenters. The van der Waals surface area contributed by atoms with Gasteiger partial charge in [0, 0.05) is 4.47 Å². The van der Waals surface area contributed by atoms with Gasteiger partial charge in [-0.1, -0.05) is 22.0 Å². The Balaban J connectivity index is 2.96. The van der Waals surface area contributed by atoms with Gasteiger partial charge in [0.05, 0.1) is 4.90 Å². The standard InChI is InChI=1S/C7H8BrNOS/c1-9-11(10)7-4-2-3-6(8)5-7/h2-5,9H,1H3. The first kappa shape index (κ1) is 8.90. The van der Waals surface area contributed by atoms with Crippen LogP contribution in [0.2, 0.25) is 0 Å². The summed E-state index contributed by atoms with van der Waals surface area (Å²) in [5.41, 5.74) is 0. The van der Waals surface area contributed by atoms with Gasteiger partial charge in [-0.05, 0) is 25.2 Å². The van der Waals surface area contributed by atoms with Crippen molar-refractivity contribution in [2.75, 3.05) is 7.05 Å². The van der Waals surface area contributed by atoms with Crippen molar-refractivity contribution < 1.29 is 4.21 Å². The summed E-state index contributed by atoms with van der Waals surface area (Å²) in [6, 6.07) is 7.40. The van der Waals surface area contributed by atoms with E-state index in [-0.39, 0.29) is 0 Å². The van der Waals surface area contributed by atoms with Crippen LogP contribution >= 0.6 is 15.9 Å². The molecule has 0 saturated carbocycles. The summed E-state index contributed by atoms with van der Waals surface area (Å²) in [6.45, 7) is 0. The van der Waals surface area contributed by atoms with E-state index in [4.69, 9.17) is 0 Å². The Hall–Kier alpha value is -0.190. The lowest BCUT2D eigenvalue weighted by atomic mass is 10.4. The van der Waals surface area contributed by atoms with Crippen LogP contribution < -0.4 is 4.72 Å². The van der Waals surface area contributed by atoms with E-state index in [9.17, 15) is 4.21 Å². The Labute approximate surface area is 76.7 Å². The van der Waals surface area contributed by atoms with Crippen LogP contribution in [0.25, 0.3) is 0 Å². The van der Waals surface area contributed by atoms with Crippen LogP contribution in [0.5, 0.6) is 0 Å². The third-order valence-electron chi connectivity index (χ3n) is 1.20. The third kappa shape index (κ3) is 2.39. The van der Waals surface area contributed by atoms with Crippen LogP contribution in [0, 0.1) is 0 Å². The average molecular weight is 234 g/mol. The maximum atomic E-state index is 11.1. The predicted octanol–water partition coefficient (Wildman–Crippen LogP) is 1.69. The molecule has 0 bridgehead atoms. The van der Waals surface area contributed by atoms with Crippen molar-refractivity contribution in [3.8, 4) is 0 Å². The third-order valence-corrected chi connectivity index (χ3v) is 2.74. The molecular weight excluding hydrogens is 226 g/mol. The van der Waals surface area contributed by atoms with Crippen LogP contribution in [0.3, 0.4) is 0 Å². The molecule has 0 aliphatic rings. The summed E-state index contributed by atoms with van der Waals surface area (Å²) in [5, 5.41) is 0. The first-order valence-corrected chi connectivity index (χ1v) is 5.03. The molecule has 0 fully saturated rings. The molecular formula is C7H8BrNOS. The summed E-state index contributed by atoms with van der Waals surface area (Å²) < 4.78 is 14.7. The van der Waals surface area contributed by atoms with Crippen molar-refractivity contribution in [2.24, 2.45) is 0 Å². The van der Waals surface area contributed by atoms with Crippen molar-refractivity contribution in [1.82, 2.24) is 4.72 Å². The minimum atomic E-state index is -1.08. The number of benzene rings is 1. The van der Waals surface area contributed by atoms with Gasteiger partial charge in [0.1, 0.15) is 11.0 Å². The van der Waals surface area contributed by atoms with Gasteiger partial charge < -0.3 is 0 Å². The zero-order chi connectivity index (χ0) is 8.27. The largest absolute Gasteiger partial charge is 0.238 e. The Bertz CT molecular complexity index is 277. The van der Waals surface area contributed by atoms with Crippen molar-refractivity contribution in [1.29, 1.82) is 0 Å². The fourth-order valence-corrected chi connectivity index (χ4v) is 1.92. The second-order valence-electron chi connectivity index (χ2n) is 1.93.